The fourth-order valence-electron chi connectivity index (χ4n) is 2.37. The molecule has 0 fully saturated rings. The van der Waals surface area contributed by atoms with Crippen molar-refractivity contribution in [3.05, 3.63) is 83.8 Å². The largest absolute Gasteiger partial charge is 0.378 e. The molecule has 0 unspecified atom stereocenters. The Bertz CT molecular complexity index is 806. The molecule has 0 spiro atoms. The van der Waals surface area contributed by atoms with Crippen molar-refractivity contribution in [1.29, 1.82) is 0 Å². The summed E-state index contributed by atoms with van der Waals surface area (Å²) < 4.78 is 14.0. The normalized spacial score (nSPS) is 10.6. The molecule has 4 heteroatoms. The smallest absolute Gasteiger partial charge is 0.146 e. The lowest BCUT2D eigenvalue weighted by atomic mass is 10.1. The summed E-state index contributed by atoms with van der Waals surface area (Å²) >= 11 is 1.62. The highest BCUT2D eigenvalue weighted by Crippen LogP contribution is 2.29. The van der Waals surface area contributed by atoms with Crippen molar-refractivity contribution in [2.24, 2.45) is 0 Å². The molecule has 1 aromatic heterocycles. The topological polar surface area (TPSA) is 24.9 Å². The van der Waals surface area contributed by atoms with Crippen LogP contribution in [0.15, 0.2) is 76.8 Å². The van der Waals surface area contributed by atoms with Gasteiger partial charge in [0.1, 0.15) is 10.8 Å². The van der Waals surface area contributed by atoms with Crippen molar-refractivity contribution in [1.82, 2.24) is 4.98 Å². The molecule has 24 heavy (non-hydrogen) atoms. The van der Waals surface area contributed by atoms with Gasteiger partial charge in [0.2, 0.25) is 0 Å². The molecule has 0 atom stereocenters. The van der Waals surface area contributed by atoms with Crippen LogP contribution >= 0.6 is 11.8 Å². The summed E-state index contributed by atoms with van der Waals surface area (Å²) in [7, 11) is 0. The van der Waals surface area contributed by atoms with Gasteiger partial charge in [0, 0.05) is 23.2 Å². The van der Waals surface area contributed by atoms with Crippen molar-refractivity contribution in [3.8, 4) is 0 Å². The van der Waals surface area contributed by atoms with Crippen LogP contribution in [-0.4, -0.2) is 4.98 Å². The predicted octanol–water partition coefficient (Wildman–Crippen LogP) is 5.55. The molecule has 1 heterocycles. The first-order valence-corrected chi connectivity index (χ1v) is 8.77. The van der Waals surface area contributed by atoms with Crippen LogP contribution in [-0.2, 0) is 13.0 Å². The van der Waals surface area contributed by atoms with Crippen molar-refractivity contribution in [2.75, 3.05) is 5.32 Å². The molecule has 0 saturated heterocycles. The van der Waals surface area contributed by atoms with E-state index in [1.807, 2.05) is 42.5 Å². The van der Waals surface area contributed by atoms with Crippen LogP contribution in [0.3, 0.4) is 0 Å². The van der Waals surface area contributed by atoms with Crippen LogP contribution in [0.2, 0.25) is 0 Å². The second kappa shape index (κ2) is 7.97. The van der Waals surface area contributed by atoms with Gasteiger partial charge in [-0.05, 0) is 42.3 Å². The number of benzene rings is 2. The van der Waals surface area contributed by atoms with Crippen molar-refractivity contribution < 1.29 is 4.39 Å². The molecule has 0 aliphatic heterocycles. The average molecular weight is 338 g/mol. The van der Waals surface area contributed by atoms with E-state index in [1.54, 1.807) is 18.0 Å². The van der Waals surface area contributed by atoms with E-state index < -0.39 is 0 Å². The zero-order valence-electron chi connectivity index (χ0n) is 13.5. The number of nitrogens with zero attached hydrogens (tertiary/aromatic N) is 1. The van der Waals surface area contributed by atoms with Crippen LogP contribution < -0.4 is 5.32 Å². The van der Waals surface area contributed by atoms with E-state index in [-0.39, 0.29) is 5.82 Å². The maximum absolute atomic E-state index is 14.0. The maximum atomic E-state index is 14.0. The van der Waals surface area contributed by atoms with Crippen LogP contribution in [0.4, 0.5) is 10.1 Å². The molecule has 0 radical (unpaired) electrons. The lowest BCUT2D eigenvalue weighted by Gasteiger charge is -2.12. The van der Waals surface area contributed by atoms with Gasteiger partial charge in [-0.1, -0.05) is 49.0 Å². The van der Waals surface area contributed by atoms with Gasteiger partial charge in [-0.3, -0.25) is 0 Å². The molecule has 0 bridgehead atoms. The third-order valence-electron chi connectivity index (χ3n) is 3.72. The number of aromatic nitrogens is 1. The van der Waals surface area contributed by atoms with Gasteiger partial charge in [0.15, 0.2) is 0 Å². The molecule has 2 nitrogen and oxygen atoms in total. The molecular formula is C20H19FN2S. The predicted molar refractivity (Wildman–Crippen MR) is 97.9 cm³/mol. The minimum absolute atomic E-state index is 0.228. The van der Waals surface area contributed by atoms with E-state index in [2.05, 4.69) is 29.4 Å². The number of anilines is 1. The highest BCUT2D eigenvalue weighted by atomic mass is 32.2. The molecule has 3 rings (SSSR count). The first-order chi connectivity index (χ1) is 11.8. The Hall–Kier alpha value is -2.33. The summed E-state index contributed by atoms with van der Waals surface area (Å²) in [6.45, 7) is 2.60. The Labute approximate surface area is 146 Å². The zero-order chi connectivity index (χ0) is 16.8. The number of nitrogens with one attached hydrogen (secondary N) is 1. The van der Waals surface area contributed by atoms with E-state index in [1.165, 1.54) is 6.07 Å². The number of hydrogen-bond acceptors (Lipinski definition) is 3. The first kappa shape index (κ1) is 16.5. The average Bonchev–Trinajstić information content (AvgIpc) is 2.63. The zero-order valence-corrected chi connectivity index (χ0v) is 14.3. The molecule has 1 N–H and O–H groups in total. The van der Waals surface area contributed by atoms with Crippen LogP contribution in [0.1, 0.15) is 18.1 Å². The number of hydrogen-bond donors (Lipinski definition) is 1. The van der Waals surface area contributed by atoms with Crippen molar-refractivity contribution >= 4 is 17.4 Å². The van der Waals surface area contributed by atoms with E-state index in [0.717, 1.165) is 27.5 Å². The standard InChI is InChI=1S/C20H19FN2S/c1-2-15-10-11-18(21)19(13-15)23-14-16-7-6-12-22-20(16)24-17-8-4-3-5-9-17/h3-13,23H,2,14H2,1H3. The van der Waals surface area contributed by atoms with Gasteiger partial charge in [-0.2, -0.15) is 0 Å². The second-order valence-corrected chi connectivity index (χ2v) is 6.47. The van der Waals surface area contributed by atoms with Gasteiger partial charge in [0.25, 0.3) is 0 Å². The van der Waals surface area contributed by atoms with E-state index >= 15 is 0 Å². The van der Waals surface area contributed by atoms with Crippen molar-refractivity contribution in [2.45, 2.75) is 29.8 Å². The quantitative estimate of drug-likeness (QED) is 0.638. The molecule has 0 aliphatic carbocycles. The SMILES string of the molecule is CCc1ccc(F)c(NCc2cccnc2Sc2ccccc2)c1. The van der Waals surface area contributed by atoms with Crippen LogP contribution in [0, 0.1) is 5.82 Å². The summed E-state index contributed by atoms with van der Waals surface area (Å²) in [6.07, 6.45) is 2.67. The second-order valence-electron chi connectivity index (χ2n) is 5.40. The maximum Gasteiger partial charge on any atom is 0.146 e. The molecule has 2 aromatic carbocycles. The Balaban J connectivity index is 1.76. The van der Waals surface area contributed by atoms with Gasteiger partial charge in [-0.25, -0.2) is 9.37 Å². The Morgan fingerprint density at radius 2 is 1.88 bits per heavy atom. The Kier molecular flexibility index (Phi) is 5.49. The molecule has 0 saturated carbocycles. The van der Waals surface area contributed by atoms with E-state index in [4.69, 9.17) is 0 Å². The van der Waals surface area contributed by atoms with E-state index in [0.29, 0.717) is 12.2 Å². The third-order valence-corrected chi connectivity index (χ3v) is 4.78. The fraction of sp³-hybridized carbons (Fsp3) is 0.150. The molecule has 3 aromatic rings. The summed E-state index contributed by atoms with van der Waals surface area (Å²) in [6, 6.07) is 19.3. The lowest BCUT2D eigenvalue weighted by Crippen LogP contribution is -2.04. The number of aryl methyl sites for hydroxylation is 1. The molecular weight excluding hydrogens is 319 g/mol. The molecule has 122 valence electrons. The van der Waals surface area contributed by atoms with E-state index in [9.17, 15) is 4.39 Å². The highest BCUT2D eigenvalue weighted by molar-refractivity contribution is 7.99. The fourth-order valence-corrected chi connectivity index (χ4v) is 3.27. The first-order valence-electron chi connectivity index (χ1n) is 7.95. The minimum Gasteiger partial charge on any atom is -0.378 e. The monoisotopic (exact) mass is 338 g/mol. The summed E-state index contributed by atoms with van der Waals surface area (Å²) in [5, 5.41) is 4.14. The Morgan fingerprint density at radius 1 is 1.04 bits per heavy atom. The van der Waals surface area contributed by atoms with Crippen molar-refractivity contribution in [3.63, 3.8) is 0 Å². The minimum atomic E-state index is -0.228. The molecule has 0 aliphatic rings. The van der Waals surface area contributed by atoms with Gasteiger partial charge >= 0.3 is 0 Å². The summed E-state index contributed by atoms with van der Waals surface area (Å²) in [4.78, 5) is 5.61. The Morgan fingerprint density at radius 3 is 2.67 bits per heavy atom. The number of halogens is 1. The molecule has 0 amide bonds. The highest BCUT2D eigenvalue weighted by Gasteiger charge is 2.08. The third kappa shape index (κ3) is 4.15. The summed E-state index contributed by atoms with van der Waals surface area (Å²) in [5.74, 6) is -0.228. The number of pyridine rings is 1. The van der Waals surface area contributed by atoms with Gasteiger partial charge < -0.3 is 5.32 Å². The van der Waals surface area contributed by atoms with Gasteiger partial charge in [0.05, 0.1) is 5.69 Å². The lowest BCUT2D eigenvalue weighted by molar-refractivity contribution is 0.629. The van der Waals surface area contributed by atoms with Crippen LogP contribution in [0.5, 0.6) is 0 Å². The number of rotatable bonds is 6. The van der Waals surface area contributed by atoms with Crippen LogP contribution in [0.25, 0.3) is 0 Å². The van der Waals surface area contributed by atoms with Gasteiger partial charge in [-0.15, -0.1) is 0 Å². The summed E-state index contributed by atoms with van der Waals surface area (Å²) in [5.41, 5.74) is 2.70.